The first-order valence-corrected chi connectivity index (χ1v) is 8.79. The normalized spacial score (nSPS) is 21.0. The lowest BCUT2D eigenvalue weighted by atomic mass is 9.85. The van der Waals surface area contributed by atoms with E-state index in [0.29, 0.717) is 12.2 Å². The number of hydrogen-bond donors (Lipinski definition) is 3. The number of benzene rings is 1. The van der Waals surface area contributed by atoms with Gasteiger partial charge in [0.05, 0.1) is 0 Å². The van der Waals surface area contributed by atoms with E-state index in [1.165, 1.54) is 6.07 Å². The van der Waals surface area contributed by atoms with Crippen molar-refractivity contribution in [2.24, 2.45) is 5.92 Å². The Morgan fingerprint density at radius 2 is 1.96 bits per heavy atom. The molecule has 28 heavy (non-hydrogen) atoms. The lowest BCUT2D eigenvalue weighted by Crippen LogP contribution is -2.59. The highest BCUT2D eigenvalue weighted by molar-refractivity contribution is 5.95. The Hall–Kier alpha value is -3.21. The summed E-state index contributed by atoms with van der Waals surface area (Å²) >= 11 is 0. The molecule has 8 heteroatoms. The summed E-state index contributed by atoms with van der Waals surface area (Å²) < 4.78 is 42.1. The van der Waals surface area contributed by atoms with Crippen LogP contribution in [0.1, 0.15) is 29.5 Å². The Bertz CT molecular complexity index is 1000. The van der Waals surface area contributed by atoms with Crippen LogP contribution in [0.4, 0.5) is 29.5 Å². The van der Waals surface area contributed by atoms with Crippen LogP contribution in [0.5, 0.6) is 0 Å². The number of pyridine rings is 1. The number of halogens is 3. The van der Waals surface area contributed by atoms with Gasteiger partial charge in [-0.3, -0.25) is 0 Å². The number of carbonyl (C=O) groups is 1. The molecule has 4 N–H and O–H groups in total. The zero-order valence-electron chi connectivity index (χ0n) is 14.7. The molecule has 1 saturated carbocycles. The molecule has 1 aliphatic carbocycles. The molecule has 0 unspecified atom stereocenters. The van der Waals surface area contributed by atoms with E-state index in [1.807, 2.05) is 5.32 Å². The van der Waals surface area contributed by atoms with Gasteiger partial charge < -0.3 is 16.4 Å². The minimum Gasteiger partial charge on any atom is -0.384 e. The smallest absolute Gasteiger partial charge is 0.384 e. The summed E-state index contributed by atoms with van der Waals surface area (Å²) in [5.41, 5.74) is 4.55. The van der Waals surface area contributed by atoms with Gasteiger partial charge in [0.1, 0.15) is 5.82 Å². The summed E-state index contributed by atoms with van der Waals surface area (Å²) in [6.07, 6.45) is -1.18. The molecule has 0 radical (unpaired) electrons. The second-order valence-corrected chi connectivity index (χ2v) is 7.02. The van der Waals surface area contributed by atoms with Gasteiger partial charge in [-0.1, -0.05) is 24.0 Å². The third-order valence-electron chi connectivity index (χ3n) is 4.76. The molecular weight excluding hydrogens is 369 g/mol. The molecule has 0 bridgehead atoms. The van der Waals surface area contributed by atoms with Gasteiger partial charge in [0.15, 0.2) is 0 Å². The largest absolute Gasteiger partial charge is 0.427 e. The fraction of sp³-hybridized carbons (Fsp3) is 0.300. The van der Waals surface area contributed by atoms with E-state index in [1.54, 1.807) is 30.5 Å². The zero-order chi connectivity index (χ0) is 19.9. The highest BCUT2D eigenvalue weighted by atomic mass is 19.4. The average Bonchev–Trinajstić information content (AvgIpc) is 3.42. The molecule has 1 atom stereocenters. The maximum atomic E-state index is 14.0. The Morgan fingerprint density at radius 1 is 1.21 bits per heavy atom. The number of carbonyl (C=O) groups excluding carboxylic acids is 1. The predicted molar refractivity (Wildman–Crippen MR) is 98.3 cm³/mol. The minimum absolute atomic E-state index is 0.0362. The molecule has 144 valence electrons. The van der Waals surface area contributed by atoms with E-state index in [-0.39, 0.29) is 17.2 Å². The SMILES string of the molecule is Nc1cc(Cc2ccc3c(c2)NC(=O)N[C@]3(C#CC2CC2)C(F)(F)F)ccn1. The van der Waals surface area contributed by atoms with Crippen molar-refractivity contribution in [3.63, 3.8) is 0 Å². The van der Waals surface area contributed by atoms with Crippen LogP contribution in [-0.4, -0.2) is 17.2 Å². The summed E-state index contributed by atoms with van der Waals surface area (Å²) in [5, 5.41) is 4.49. The molecule has 2 amide bonds. The van der Waals surface area contributed by atoms with E-state index in [0.717, 1.165) is 24.0 Å². The van der Waals surface area contributed by atoms with E-state index in [9.17, 15) is 18.0 Å². The summed E-state index contributed by atoms with van der Waals surface area (Å²) in [5.74, 6) is 5.32. The summed E-state index contributed by atoms with van der Waals surface area (Å²) in [6, 6.07) is 7.06. The molecule has 0 spiro atoms. The van der Waals surface area contributed by atoms with Crippen molar-refractivity contribution >= 4 is 17.5 Å². The van der Waals surface area contributed by atoms with E-state index in [2.05, 4.69) is 22.1 Å². The molecule has 2 aromatic rings. The number of alkyl halides is 3. The second-order valence-electron chi connectivity index (χ2n) is 7.02. The number of nitrogens with two attached hydrogens (primary N) is 1. The van der Waals surface area contributed by atoms with Gasteiger partial charge in [-0.25, -0.2) is 9.78 Å². The molecule has 5 nitrogen and oxygen atoms in total. The molecule has 0 saturated heterocycles. The number of aromatic nitrogens is 1. The van der Waals surface area contributed by atoms with Gasteiger partial charge >= 0.3 is 12.2 Å². The summed E-state index contributed by atoms with van der Waals surface area (Å²) in [6.45, 7) is 0. The van der Waals surface area contributed by atoms with Gasteiger partial charge in [0, 0.05) is 23.4 Å². The number of nitrogens with zero attached hydrogens (tertiary/aromatic N) is 1. The van der Waals surface area contributed by atoms with Crippen molar-refractivity contribution in [3.05, 3.63) is 53.2 Å². The van der Waals surface area contributed by atoms with Gasteiger partial charge in [-0.05, 0) is 48.6 Å². The fourth-order valence-electron chi connectivity index (χ4n) is 3.19. The highest BCUT2D eigenvalue weighted by Crippen LogP contribution is 2.44. The van der Waals surface area contributed by atoms with Crippen LogP contribution >= 0.6 is 0 Å². The first-order chi connectivity index (χ1) is 13.3. The van der Waals surface area contributed by atoms with Crippen molar-refractivity contribution in [1.29, 1.82) is 0 Å². The molecule has 1 fully saturated rings. The van der Waals surface area contributed by atoms with Gasteiger partial charge in [-0.15, -0.1) is 0 Å². The molecule has 4 rings (SSSR count). The van der Waals surface area contributed by atoms with Crippen LogP contribution in [0, 0.1) is 17.8 Å². The molecule has 1 aromatic heterocycles. The van der Waals surface area contributed by atoms with Gasteiger partial charge in [0.25, 0.3) is 0 Å². The number of hydrogen-bond acceptors (Lipinski definition) is 3. The van der Waals surface area contributed by atoms with Crippen LogP contribution < -0.4 is 16.4 Å². The molecule has 1 aliphatic heterocycles. The first kappa shape index (κ1) is 18.2. The Labute approximate surface area is 159 Å². The second kappa shape index (κ2) is 6.44. The minimum atomic E-state index is -4.76. The van der Waals surface area contributed by atoms with Gasteiger partial charge in [0.2, 0.25) is 5.54 Å². The lowest BCUT2D eigenvalue weighted by Gasteiger charge is -2.37. The van der Waals surface area contributed by atoms with Crippen LogP contribution in [0.25, 0.3) is 0 Å². The molecule has 2 aliphatic rings. The van der Waals surface area contributed by atoms with Crippen molar-refractivity contribution in [1.82, 2.24) is 10.3 Å². The monoisotopic (exact) mass is 386 g/mol. The number of rotatable bonds is 2. The predicted octanol–water partition coefficient (Wildman–Crippen LogP) is 3.56. The van der Waals surface area contributed by atoms with Crippen LogP contribution in [0.15, 0.2) is 36.5 Å². The lowest BCUT2D eigenvalue weighted by molar-refractivity contribution is -0.178. The average molecular weight is 386 g/mol. The van der Waals surface area contributed by atoms with Crippen molar-refractivity contribution in [2.75, 3.05) is 11.1 Å². The topological polar surface area (TPSA) is 80.0 Å². The van der Waals surface area contributed by atoms with E-state index >= 15 is 0 Å². The van der Waals surface area contributed by atoms with E-state index < -0.39 is 17.7 Å². The Balaban J connectivity index is 1.76. The van der Waals surface area contributed by atoms with Gasteiger partial charge in [-0.2, -0.15) is 13.2 Å². The number of amides is 2. The first-order valence-electron chi connectivity index (χ1n) is 8.79. The number of fused-ring (bicyclic) bond motifs is 1. The number of nitrogens with one attached hydrogen (secondary N) is 2. The van der Waals surface area contributed by atoms with Crippen molar-refractivity contribution in [3.8, 4) is 11.8 Å². The number of urea groups is 1. The summed E-state index contributed by atoms with van der Waals surface area (Å²) in [7, 11) is 0. The molecular formula is C20H17F3N4O. The standard InChI is InChI=1S/C20H17F3N4O/c21-20(22,23)19(7-5-12-1-2-12)15-4-3-13(10-16(15)26-18(28)27-19)9-14-6-8-25-17(24)11-14/h3-4,6,8,10-12H,1-2,9H2,(H2,24,25)(H2,26,27,28)/t19-/m0/s1. The summed E-state index contributed by atoms with van der Waals surface area (Å²) in [4.78, 5) is 16.0. The maximum Gasteiger partial charge on any atom is 0.427 e. The van der Waals surface area contributed by atoms with Crippen molar-refractivity contribution in [2.45, 2.75) is 31.0 Å². The third kappa shape index (κ3) is 3.36. The third-order valence-corrected chi connectivity index (χ3v) is 4.76. The fourth-order valence-corrected chi connectivity index (χ4v) is 3.19. The van der Waals surface area contributed by atoms with Crippen LogP contribution in [0.2, 0.25) is 0 Å². The molecule has 1 aromatic carbocycles. The Kier molecular flexibility index (Phi) is 4.18. The zero-order valence-corrected chi connectivity index (χ0v) is 14.7. The van der Waals surface area contributed by atoms with Crippen LogP contribution in [-0.2, 0) is 12.0 Å². The number of anilines is 2. The van der Waals surface area contributed by atoms with E-state index in [4.69, 9.17) is 5.73 Å². The molecule has 2 heterocycles. The van der Waals surface area contributed by atoms with Crippen molar-refractivity contribution < 1.29 is 18.0 Å². The van der Waals surface area contributed by atoms with Crippen LogP contribution in [0.3, 0.4) is 0 Å². The number of nitrogen functional groups attached to an aromatic ring is 1. The maximum absolute atomic E-state index is 14.0. The Morgan fingerprint density at radius 3 is 2.64 bits per heavy atom. The highest BCUT2D eigenvalue weighted by Gasteiger charge is 2.59. The quantitative estimate of drug-likeness (QED) is 0.691.